The van der Waals surface area contributed by atoms with Crippen molar-refractivity contribution in [2.45, 2.75) is 141 Å². The Hall–Kier alpha value is -2.77. The molecule has 0 aromatic heterocycles. The second-order valence-electron chi connectivity index (χ2n) is 13.5. The van der Waals surface area contributed by atoms with Crippen LogP contribution in [0.15, 0.2) is 0 Å². The van der Waals surface area contributed by atoms with E-state index < -0.39 is 171 Å². The van der Waals surface area contributed by atoms with Crippen LogP contribution in [0.3, 0.4) is 0 Å². The Kier molecular flexibility index (Phi) is 16.7. The Bertz CT molecular complexity index is 1800. The van der Waals surface area contributed by atoms with Gasteiger partial charge in [0.05, 0.1) is 4.08 Å². The Morgan fingerprint density at radius 3 is 0.563 bits per heavy atom. The van der Waals surface area contributed by atoms with Crippen molar-refractivity contribution in [2.75, 3.05) is 0 Å². The summed E-state index contributed by atoms with van der Waals surface area (Å²) in [5.74, 6) is -156. The quantitative estimate of drug-likeness (QED) is 0.0817. The van der Waals surface area contributed by atoms with Gasteiger partial charge in [0.2, 0.25) is 0 Å². The Morgan fingerprint density at radius 1 is 0.282 bits per heavy atom. The molecule has 0 bridgehead atoms. The number of hydrogen-bond acceptors (Lipinski definition) is 3. The summed E-state index contributed by atoms with van der Waals surface area (Å²) in [5, 5.41) is -8.31. The molecule has 0 radical (unpaired) electrons. The van der Waals surface area contributed by atoms with Crippen molar-refractivity contribution < 1.29 is 194 Å². The first kappa shape index (κ1) is 68.2. The maximum atomic E-state index is 14.8. The van der Waals surface area contributed by atoms with Gasteiger partial charge in [0.25, 0.3) is 0 Å². The molecule has 1 N–H and O–H groups in total. The molecule has 0 aliphatic heterocycles. The van der Waals surface area contributed by atoms with Crippen LogP contribution < -0.4 is 0 Å². The number of alkyl halides is 42. The highest BCUT2D eigenvalue weighted by Crippen LogP contribution is 2.71. The molecule has 0 aliphatic rings. The van der Waals surface area contributed by atoms with Gasteiger partial charge < -0.3 is 5.11 Å². The summed E-state index contributed by atoms with van der Waals surface area (Å²) in [6, 6.07) is 0. The molecule has 2 nitrogen and oxygen atoms in total. The molecule has 0 rings (SSSR count). The van der Waals surface area contributed by atoms with Crippen molar-refractivity contribution in [2.24, 2.45) is 0 Å². The van der Waals surface area contributed by atoms with Gasteiger partial charge in [0.15, 0.2) is 0 Å². The SMILES string of the molecule is CC(CCC(=O)O)(SC(F)(F)C(F)(F)C(F)(F)C(F)(F)C(F)(F)C(F)(F)C(F)(F)C(F)(F)C(F)(F)C(F)(F)F)SC(F)(F)C(F)(F)C(F)(F)C(F)(F)C(F)(F)C(F)(F)C(F)(F)C(F)(F)C(F)(F)C(F)(F)F. The molecule has 0 heterocycles. The van der Waals surface area contributed by atoms with E-state index in [2.05, 4.69) is 0 Å². The minimum Gasteiger partial charge on any atom is -0.481 e. The predicted molar refractivity (Wildman–Crippen MR) is 142 cm³/mol. The molecule has 46 heteroatoms. The molecule has 0 saturated heterocycles. The number of aliphatic carboxylic acids is 1. The molecule has 0 unspecified atom stereocenters. The van der Waals surface area contributed by atoms with E-state index in [0.717, 1.165) is 0 Å². The molecule has 71 heavy (non-hydrogen) atoms. The van der Waals surface area contributed by atoms with Gasteiger partial charge in [0, 0.05) is 6.42 Å². The first-order valence-electron chi connectivity index (χ1n) is 15.4. The van der Waals surface area contributed by atoms with E-state index in [1.54, 1.807) is 0 Å². The van der Waals surface area contributed by atoms with Gasteiger partial charge in [-0.25, -0.2) is 0 Å². The maximum absolute atomic E-state index is 14.8. The lowest BCUT2D eigenvalue weighted by atomic mass is 9.87. The van der Waals surface area contributed by atoms with Crippen molar-refractivity contribution in [3.05, 3.63) is 0 Å². The summed E-state index contributed by atoms with van der Waals surface area (Å²) in [4.78, 5) is 10.8. The zero-order chi connectivity index (χ0) is 58.9. The fourth-order valence-corrected chi connectivity index (χ4v) is 7.02. The first-order chi connectivity index (χ1) is 29.8. The third-order valence-corrected chi connectivity index (χ3v) is 11.2. The zero-order valence-electron chi connectivity index (χ0n) is 31.0. The van der Waals surface area contributed by atoms with Crippen LogP contribution in [-0.2, 0) is 4.79 Å². The molecule has 0 atom stereocenters. The monoisotopic (exact) mass is 1200 g/mol. The Labute approximate surface area is 366 Å². The van der Waals surface area contributed by atoms with Crippen LogP contribution in [0, 0.1) is 0 Å². The third kappa shape index (κ3) is 9.11. The molecule has 0 amide bonds. The summed E-state index contributed by atoms with van der Waals surface area (Å²) in [7, 11) is 0. The van der Waals surface area contributed by atoms with Gasteiger partial charge >= 0.3 is 124 Å². The third-order valence-electron chi connectivity index (χ3n) is 8.45. The summed E-state index contributed by atoms with van der Waals surface area (Å²) in [6.45, 7) is -1.33. The first-order valence-corrected chi connectivity index (χ1v) is 17.0. The van der Waals surface area contributed by atoms with Crippen LogP contribution >= 0.6 is 23.5 Å². The van der Waals surface area contributed by atoms with Crippen LogP contribution in [0.1, 0.15) is 19.8 Å². The number of hydrogen-bond donors (Lipinski definition) is 1. The van der Waals surface area contributed by atoms with Crippen LogP contribution in [0.5, 0.6) is 0 Å². The highest BCUT2D eigenvalue weighted by atomic mass is 32.2. The Balaban J connectivity index is 7.91. The second kappa shape index (κ2) is 17.4. The summed E-state index contributed by atoms with van der Waals surface area (Å²) in [5.41, 5.74) is 0. The summed E-state index contributed by atoms with van der Waals surface area (Å²) >= 11 is -7.25. The smallest absolute Gasteiger partial charge is 0.460 e. The molecule has 426 valence electrons. The normalized spacial score (nSPS) is 17.0. The van der Waals surface area contributed by atoms with E-state index >= 15 is 0 Å². The molecule has 0 aromatic rings. The van der Waals surface area contributed by atoms with Crippen molar-refractivity contribution in [1.29, 1.82) is 0 Å². The van der Waals surface area contributed by atoms with Crippen molar-refractivity contribution in [3.63, 3.8) is 0 Å². The summed E-state index contributed by atoms with van der Waals surface area (Å²) in [6.07, 6.45) is -22.7. The van der Waals surface area contributed by atoms with Gasteiger partial charge in [-0.1, -0.05) is 23.5 Å². The number of thioether (sulfide) groups is 2. The molecule has 0 aliphatic carbocycles. The predicted octanol–water partition coefficient (Wildman–Crippen LogP) is 15.5. The number of carboxylic acids is 1. The lowest BCUT2D eigenvalue weighted by Gasteiger charge is -2.46. The van der Waals surface area contributed by atoms with Crippen LogP contribution in [0.2, 0.25) is 0 Å². The minimum atomic E-state index is -9.94. The van der Waals surface area contributed by atoms with E-state index in [4.69, 9.17) is 5.11 Å². The van der Waals surface area contributed by atoms with E-state index in [0.29, 0.717) is 0 Å². The van der Waals surface area contributed by atoms with Crippen molar-refractivity contribution in [1.82, 2.24) is 0 Å². The number of carboxylic acid groups (broad SMARTS) is 1. The molecule has 0 saturated carbocycles. The highest BCUT2D eigenvalue weighted by molar-refractivity contribution is 8.19. The molecule has 0 fully saturated rings. The lowest BCUT2D eigenvalue weighted by Crippen LogP contribution is -2.76. The largest absolute Gasteiger partial charge is 0.481 e. The fraction of sp³-hybridized carbons (Fsp3) is 0.960. The van der Waals surface area contributed by atoms with Gasteiger partial charge in [-0.05, 0) is 13.3 Å². The van der Waals surface area contributed by atoms with Crippen molar-refractivity contribution >= 4 is 29.5 Å². The molecule has 0 aromatic carbocycles. The second-order valence-corrected chi connectivity index (χ2v) is 16.9. The van der Waals surface area contributed by atoms with Crippen molar-refractivity contribution in [3.8, 4) is 0 Å². The Morgan fingerprint density at radius 2 is 0.423 bits per heavy atom. The van der Waals surface area contributed by atoms with Crippen LogP contribution in [0.25, 0.3) is 0 Å². The number of carbonyl (C=O) groups is 1. The standard InChI is InChI=1S/C25H8F42O2S2/c1-5(3-2-4(68)69,70-24(64,65)20(54,55)16(46,47)12(38,39)8(30,31)6(26,27)10(34,35)14(42,43)18(50,51)22(58,59)60)71-25(66,67)21(56,57)17(48,49)13(40,41)9(32,33)7(28,29)11(36,37)15(44,45)19(52,53)23(61,62)63/h2-3H2,1H3,(H,68,69). The average molecular weight is 1200 g/mol. The zero-order valence-corrected chi connectivity index (χ0v) is 32.6. The lowest BCUT2D eigenvalue weighted by molar-refractivity contribution is -0.472. The van der Waals surface area contributed by atoms with Crippen LogP contribution in [0.4, 0.5) is 184 Å². The molecule has 0 spiro atoms. The maximum Gasteiger partial charge on any atom is 0.460 e. The average Bonchev–Trinajstić information content (AvgIpc) is 3.11. The topological polar surface area (TPSA) is 37.3 Å². The summed E-state index contributed by atoms with van der Waals surface area (Å²) < 4.78 is 571. The highest BCUT2D eigenvalue weighted by Gasteiger charge is 3.00. The number of halogens is 42. The van der Waals surface area contributed by atoms with Gasteiger partial charge in [-0.15, -0.1) is 0 Å². The van der Waals surface area contributed by atoms with E-state index in [-0.39, 0.29) is 0 Å². The van der Waals surface area contributed by atoms with Gasteiger partial charge in [-0.2, -0.15) is 184 Å². The number of rotatable bonds is 23. The van der Waals surface area contributed by atoms with E-state index in [1.165, 1.54) is 0 Å². The van der Waals surface area contributed by atoms with E-state index in [9.17, 15) is 189 Å². The molecular weight excluding hydrogens is 1190 g/mol. The molecular formula is C25H8F42O2S2. The minimum absolute atomic E-state index is 1.33. The fourth-order valence-electron chi connectivity index (χ4n) is 4.21. The van der Waals surface area contributed by atoms with Crippen LogP contribution in [-0.4, -0.2) is 133 Å². The van der Waals surface area contributed by atoms with Gasteiger partial charge in [0.1, 0.15) is 0 Å². The van der Waals surface area contributed by atoms with Gasteiger partial charge in [-0.3, -0.25) is 4.79 Å². The van der Waals surface area contributed by atoms with E-state index in [1.807, 2.05) is 0 Å².